The normalized spacial score (nSPS) is 37.8. The van der Waals surface area contributed by atoms with Crippen LogP contribution in [0, 0.1) is 0 Å². The highest BCUT2D eigenvalue weighted by molar-refractivity contribution is 5.65. The van der Waals surface area contributed by atoms with Crippen molar-refractivity contribution in [1.82, 2.24) is 10.2 Å². The van der Waals surface area contributed by atoms with Gasteiger partial charge in [0.25, 0.3) is 0 Å². The van der Waals surface area contributed by atoms with Gasteiger partial charge in [0.15, 0.2) is 0 Å². The minimum atomic E-state index is -0.831. The molecule has 1 spiro atoms. The summed E-state index contributed by atoms with van der Waals surface area (Å²) in [4.78, 5) is 12.2. The molecule has 2 heterocycles. The summed E-state index contributed by atoms with van der Waals surface area (Å²) in [7, 11) is 0. The predicted molar refractivity (Wildman–Crippen MR) is 50.4 cm³/mol. The van der Waals surface area contributed by atoms with Crippen molar-refractivity contribution in [2.75, 3.05) is 26.2 Å². The van der Waals surface area contributed by atoms with Crippen molar-refractivity contribution in [3.8, 4) is 0 Å². The molecule has 14 heavy (non-hydrogen) atoms. The molecule has 2 rings (SSSR count). The maximum Gasteiger partial charge on any atom is 0.407 e. The molecule has 0 aliphatic carbocycles. The summed E-state index contributed by atoms with van der Waals surface area (Å²) in [6.07, 6.45) is 0.258. The van der Waals surface area contributed by atoms with Gasteiger partial charge in [0.2, 0.25) is 0 Å². The van der Waals surface area contributed by atoms with E-state index >= 15 is 0 Å². The molecular formula is C9H16N2O3. The van der Waals surface area contributed by atoms with Gasteiger partial charge in [0.1, 0.15) is 0 Å². The smallest absolute Gasteiger partial charge is 0.407 e. The molecule has 5 nitrogen and oxygen atoms in total. The van der Waals surface area contributed by atoms with E-state index in [0.29, 0.717) is 19.7 Å². The predicted octanol–water partition coefficient (Wildman–Crippen LogP) is 0.117. The Morgan fingerprint density at radius 1 is 1.71 bits per heavy atom. The SMILES string of the molecule is CC1CN[C@]2(CCN(C(=O)O)C2)CO1. The number of hydrogen-bond donors (Lipinski definition) is 2. The first-order valence-electron chi connectivity index (χ1n) is 4.96. The number of likely N-dealkylation sites (tertiary alicyclic amines) is 1. The Morgan fingerprint density at radius 2 is 2.50 bits per heavy atom. The summed E-state index contributed by atoms with van der Waals surface area (Å²) in [5.74, 6) is 0. The number of rotatable bonds is 0. The summed E-state index contributed by atoms with van der Waals surface area (Å²) in [5, 5.41) is 12.2. The fourth-order valence-electron chi connectivity index (χ4n) is 2.07. The zero-order chi connectivity index (χ0) is 10.2. The molecule has 2 atom stereocenters. The highest BCUT2D eigenvalue weighted by Crippen LogP contribution is 2.24. The van der Waals surface area contributed by atoms with Gasteiger partial charge in [-0.2, -0.15) is 0 Å². The average molecular weight is 200 g/mol. The zero-order valence-electron chi connectivity index (χ0n) is 8.32. The van der Waals surface area contributed by atoms with E-state index in [1.807, 2.05) is 6.92 Å². The van der Waals surface area contributed by atoms with E-state index in [2.05, 4.69) is 5.32 Å². The summed E-state index contributed by atoms with van der Waals surface area (Å²) < 4.78 is 5.56. The van der Waals surface area contributed by atoms with Gasteiger partial charge < -0.3 is 20.1 Å². The van der Waals surface area contributed by atoms with Crippen LogP contribution in [0.3, 0.4) is 0 Å². The Bertz CT molecular complexity index is 236. The number of carbonyl (C=O) groups is 1. The number of hydrogen-bond acceptors (Lipinski definition) is 3. The Kier molecular flexibility index (Phi) is 2.36. The molecule has 0 saturated carbocycles. The van der Waals surface area contributed by atoms with Crippen molar-refractivity contribution in [2.45, 2.75) is 25.0 Å². The number of morpholine rings is 1. The van der Waals surface area contributed by atoms with Gasteiger partial charge in [-0.25, -0.2) is 4.79 Å². The molecular weight excluding hydrogens is 184 g/mol. The number of nitrogens with zero attached hydrogens (tertiary/aromatic N) is 1. The Morgan fingerprint density at radius 3 is 3.00 bits per heavy atom. The van der Waals surface area contributed by atoms with Crippen LogP contribution in [-0.4, -0.2) is 54.0 Å². The maximum absolute atomic E-state index is 10.7. The van der Waals surface area contributed by atoms with Crippen molar-refractivity contribution < 1.29 is 14.6 Å². The van der Waals surface area contributed by atoms with Gasteiger partial charge in [0.05, 0.1) is 18.2 Å². The van der Waals surface area contributed by atoms with E-state index in [1.54, 1.807) is 0 Å². The second-order valence-corrected chi connectivity index (χ2v) is 4.24. The summed E-state index contributed by atoms with van der Waals surface area (Å²) in [5.41, 5.74) is -0.120. The molecule has 0 aromatic carbocycles. The Hall–Kier alpha value is -0.810. The lowest BCUT2D eigenvalue weighted by atomic mass is 9.98. The minimum Gasteiger partial charge on any atom is -0.465 e. The van der Waals surface area contributed by atoms with Crippen molar-refractivity contribution in [3.63, 3.8) is 0 Å². The van der Waals surface area contributed by atoms with E-state index in [1.165, 1.54) is 4.90 Å². The summed E-state index contributed by atoms with van der Waals surface area (Å²) in [6, 6.07) is 0. The van der Waals surface area contributed by atoms with E-state index in [0.717, 1.165) is 13.0 Å². The van der Waals surface area contributed by atoms with E-state index in [-0.39, 0.29) is 11.6 Å². The zero-order valence-corrected chi connectivity index (χ0v) is 8.32. The average Bonchev–Trinajstić information content (AvgIpc) is 2.56. The van der Waals surface area contributed by atoms with Crippen LogP contribution in [0.25, 0.3) is 0 Å². The van der Waals surface area contributed by atoms with E-state index in [4.69, 9.17) is 9.84 Å². The van der Waals surface area contributed by atoms with Crippen molar-refractivity contribution >= 4 is 6.09 Å². The molecule has 2 N–H and O–H groups in total. The van der Waals surface area contributed by atoms with Crippen LogP contribution in [0.1, 0.15) is 13.3 Å². The van der Waals surface area contributed by atoms with E-state index < -0.39 is 6.09 Å². The van der Waals surface area contributed by atoms with Crippen molar-refractivity contribution in [1.29, 1.82) is 0 Å². The van der Waals surface area contributed by atoms with Gasteiger partial charge in [-0.15, -0.1) is 0 Å². The first kappa shape index (κ1) is 9.73. The summed E-state index contributed by atoms with van der Waals surface area (Å²) >= 11 is 0. The molecule has 2 aliphatic heterocycles. The van der Waals surface area contributed by atoms with Crippen LogP contribution in [0.5, 0.6) is 0 Å². The van der Waals surface area contributed by atoms with Gasteiger partial charge >= 0.3 is 6.09 Å². The molecule has 2 aliphatic rings. The number of nitrogens with one attached hydrogen (secondary N) is 1. The van der Waals surface area contributed by atoms with Gasteiger partial charge in [-0.05, 0) is 13.3 Å². The maximum atomic E-state index is 10.7. The second kappa shape index (κ2) is 3.40. The highest BCUT2D eigenvalue weighted by atomic mass is 16.5. The molecule has 2 saturated heterocycles. The standard InChI is InChI=1S/C9H16N2O3/c1-7-4-10-9(6-14-7)2-3-11(5-9)8(12)13/h7,10H,2-6H2,1H3,(H,12,13)/t7?,9-/m0/s1. The Labute approximate surface area is 83.0 Å². The van der Waals surface area contributed by atoms with Crippen LogP contribution in [-0.2, 0) is 4.74 Å². The number of ether oxygens (including phenoxy) is 1. The molecule has 0 aromatic heterocycles. The van der Waals surface area contributed by atoms with Gasteiger partial charge in [0, 0.05) is 19.6 Å². The van der Waals surface area contributed by atoms with Gasteiger partial charge in [-0.1, -0.05) is 0 Å². The monoisotopic (exact) mass is 200 g/mol. The van der Waals surface area contributed by atoms with Crippen molar-refractivity contribution in [3.05, 3.63) is 0 Å². The first-order valence-corrected chi connectivity index (χ1v) is 4.96. The molecule has 0 radical (unpaired) electrons. The molecule has 0 bridgehead atoms. The molecule has 1 unspecified atom stereocenters. The lowest BCUT2D eigenvalue weighted by Crippen LogP contribution is -2.58. The first-order chi connectivity index (χ1) is 6.61. The molecule has 2 fully saturated rings. The third-order valence-corrected chi connectivity index (χ3v) is 3.03. The highest BCUT2D eigenvalue weighted by Gasteiger charge is 2.42. The third kappa shape index (κ3) is 1.69. The third-order valence-electron chi connectivity index (χ3n) is 3.03. The van der Waals surface area contributed by atoms with Gasteiger partial charge in [-0.3, -0.25) is 0 Å². The molecule has 0 aromatic rings. The van der Waals surface area contributed by atoms with Crippen LogP contribution < -0.4 is 5.32 Å². The quantitative estimate of drug-likeness (QED) is 0.583. The minimum absolute atomic E-state index is 0.120. The summed E-state index contributed by atoms with van der Waals surface area (Å²) in [6.45, 7) is 4.62. The topological polar surface area (TPSA) is 61.8 Å². The van der Waals surface area contributed by atoms with Crippen LogP contribution in [0.2, 0.25) is 0 Å². The van der Waals surface area contributed by atoms with Crippen LogP contribution in [0.15, 0.2) is 0 Å². The van der Waals surface area contributed by atoms with Crippen LogP contribution >= 0.6 is 0 Å². The van der Waals surface area contributed by atoms with Crippen molar-refractivity contribution in [2.24, 2.45) is 0 Å². The largest absolute Gasteiger partial charge is 0.465 e. The lowest BCUT2D eigenvalue weighted by molar-refractivity contribution is -0.0198. The number of carboxylic acid groups (broad SMARTS) is 1. The number of amides is 1. The van der Waals surface area contributed by atoms with E-state index in [9.17, 15) is 4.79 Å². The lowest BCUT2D eigenvalue weighted by Gasteiger charge is -2.37. The fraction of sp³-hybridized carbons (Fsp3) is 0.889. The second-order valence-electron chi connectivity index (χ2n) is 4.24. The Balaban J connectivity index is 1.96. The molecule has 80 valence electrons. The molecule has 5 heteroatoms. The fourth-order valence-corrected chi connectivity index (χ4v) is 2.07. The molecule has 1 amide bonds. The van der Waals surface area contributed by atoms with Crippen LogP contribution in [0.4, 0.5) is 4.79 Å².